The smallest absolute Gasteiger partial charge is 0.188 e. The summed E-state index contributed by atoms with van der Waals surface area (Å²) in [5.41, 5.74) is 2.67. The number of fused-ring (bicyclic) bond motifs is 1. The van der Waals surface area contributed by atoms with Crippen LogP contribution in [0.25, 0.3) is 0 Å². The molecule has 1 saturated carbocycles. The predicted octanol–water partition coefficient (Wildman–Crippen LogP) is 3.31. The molecule has 9 heteroatoms. The molecule has 2 aromatic heterocycles. The van der Waals surface area contributed by atoms with Crippen molar-refractivity contribution in [3.63, 3.8) is 0 Å². The molecule has 0 atom stereocenters. The van der Waals surface area contributed by atoms with Gasteiger partial charge in [-0.2, -0.15) is 0 Å². The van der Waals surface area contributed by atoms with Gasteiger partial charge in [0.25, 0.3) is 0 Å². The third kappa shape index (κ3) is 3.75. The largest absolute Gasteiger partial charge is 0.490 e. The van der Waals surface area contributed by atoms with Crippen LogP contribution in [0.15, 0.2) is 43.0 Å². The van der Waals surface area contributed by atoms with Gasteiger partial charge in [-0.1, -0.05) is 0 Å². The van der Waals surface area contributed by atoms with Crippen molar-refractivity contribution < 1.29 is 18.7 Å². The van der Waals surface area contributed by atoms with E-state index in [1.807, 2.05) is 12.3 Å². The Balaban J connectivity index is 1.10. The number of nitrogens with one attached hydrogen (secondary N) is 1. The van der Waals surface area contributed by atoms with Gasteiger partial charge in [0, 0.05) is 55.5 Å². The number of pyridine rings is 1. The maximum Gasteiger partial charge on any atom is 0.188 e. The summed E-state index contributed by atoms with van der Waals surface area (Å²) in [4.78, 5) is 26.4. The van der Waals surface area contributed by atoms with Gasteiger partial charge in [-0.05, 0) is 37.1 Å². The van der Waals surface area contributed by atoms with E-state index in [1.165, 1.54) is 24.0 Å². The van der Waals surface area contributed by atoms with Crippen LogP contribution in [0.2, 0.25) is 0 Å². The highest BCUT2D eigenvalue weighted by Gasteiger charge is 2.54. The number of aromatic nitrogens is 3. The molecule has 1 aromatic carbocycles. The Bertz CT molecular complexity index is 1240. The highest BCUT2D eigenvalue weighted by molar-refractivity contribution is 5.79. The highest BCUT2D eigenvalue weighted by atomic mass is 19.1. The minimum Gasteiger partial charge on any atom is -0.490 e. The number of benzene rings is 1. The van der Waals surface area contributed by atoms with E-state index < -0.39 is 5.82 Å². The lowest BCUT2D eigenvalue weighted by molar-refractivity contribution is -0.0349. The van der Waals surface area contributed by atoms with Crippen molar-refractivity contribution in [1.29, 1.82) is 0 Å². The van der Waals surface area contributed by atoms with Crippen molar-refractivity contribution in [3.8, 4) is 17.2 Å². The van der Waals surface area contributed by atoms with Crippen LogP contribution in [0, 0.1) is 11.2 Å². The van der Waals surface area contributed by atoms with Gasteiger partial charge in [0.1, 0.15) is 29.7 Å². The molecule has 1 aliphatic carbocycles. The van der Waals surface area contributed by atoms with Gasteiger partial charge in [-0.3, -0.25) is 9.78 Å². The standard InChI is InChI=1S/C25H24FN5O3/c26-17-1-2-21(16(7-17)12-32)34-23-11-28-15-30-24(23)31-13-25(14-31)8-18(9-25)33-22-4-6-29-20-3-5-27-10-19(20)22/h1-2,4,6-7,11-12,15,18,27H,3,5,8-10,13-14H2. The Morgan fingerprint density at radius 1 is 1.15 bits per heavy atom. The minimum atomic E-state index is -0.492. The first-order chi connectivity index (χ1) is 16.6. The molecule has 3 aromatic rings. The number of nitrogens with zero attached hydrogens (tertiary/aromatic N) is 4. The van der Waals surface area contributed by atoms with Crippen LogP contribution in [0.3, 0.4) is 0 Å². The zero-order chi connectivity index (χ0) is 23.1. The first-order valence-electron chi connectivity index (χ1n) is 11.4. The predicted molar refractivity (Wildman–Crippen MR) is 122 cm³/mol. The molecule has 4 heterocycles. The lowest BCUT2D eigenvalue weighted by atomic mass is 9.61. The summed E-state index contributed by atoms with van der Waals surface area (Å²) in [6.45, 7) is 3.46. The van der Waals surface area contributed by atoms with Crippen molar-refractivity contribution in [1.82, 2.24) is 20.3 Å². The second-order valence-corrected chi connectivity index (χ2v) is 9.28. The molecule has 8 nitrogen and oxygen atoms in total. The molecular weight excluding hydrogens is 437 g/mol. The van der Waals surface area contributed by atoms with E-state index in [4.69, 9.17) is 9.47 Å². The second-order valence-electron chi connectivity index (χ2n) is 9.28. The number of ether oxygens (including phenoxy) is 2. The normalized spacial score (nSPS) is 18.6. The van der Waals surface area contributed by atoms with Gasteiger partial charge >= 0.3 is 0 Å². The summed E-state index contributed by atoms with van der Waals surface area (Å²) in [5.74, 6) is 1.84. The Labute approximate surface area is 196 Å². The molecule has 1 saturated heterocycles. The van der Waals surface area contributed by atoms with Crippen LogP contribution in [0.4, 0.5) is 10.2 Å². The average molecular weight is 461 g/mol. The van der Waals surface area contributed by atoms with Crippen LogP contribution in [0.1, 0.15) is 34.5 Å². The van der Waals surface area contributed by atoms with Gasteiger partial charge in [-0.25, -0.2) is 14.4 Å². The third-order valence-electron chi connectivity index (χ3n) is 6.89. The molecule has 6 rings (SSSR count). The lowest BCUT2D eigenvalue weighted by Crippen LogP contribution is -2.65. The fraction of sp³-hybridized carbons (Fsp3) is 0.360. The number of aldehydes is 1. The molecule has 0 amide bonds. The molecule has 2 aliphatic heterocycles. The average Bonchev–Trinajstić information content (AvgIpc) is 2.81. The van der Waals surface area contributed by atoms with Gasteiger partial charge in [0.15, 0.2) is 17.9 Å². The molecule has 0 bridgehead atoms. The molecule has 1 N–H and O–H groups in total. The van der Waals surface area contributed by atoms with E-state index in [2.05, 4.69) is 25.2 Å². The lowest BCUT2D eigenvalue weighted by Gasteiger charge is -2.59. The zero-order valence-electron chi connectivity index (χ0n) is 18.5. The maximum absolute atomic E-state index is 13.5. The van der Waals surface area contributed by atoms with E-state index >= 15 is 0 Å². The number of carbonyl (C=O) groups excluding carboxylic acids is 1. The number of hydrogen-bond acceptors (Lipinski definition) is 8. The summed E-state index contributed by atoms with van der Waals surface area (Å²) in [7, 11) is 0. The molecule has 1 spiro atoms. The summed E-state index contributed by atoms with van der Waals surface area (Å²) in [6.07, 6.45) is 8.57. The van der Waals surface area contributed by atoms with Crippen LogP contribution < -0.4 is 19.7 Å². The van der Waals surface area contributed by atoms with Gasteiger partial charge in [-0.15, -0.1) is 0 Å². The van der Waals surface area contributed by atoms with E-state index in [0.29, 0.717) is 17.9 Å². The van der Waals surface area contributed by atoms with Crippen molar-refractivity contribution in [3.05, 3.63) is 65.6 Å². The molecule has 2 fully saturated rings. The van der Waals surface area contributed by atoms with Gasteiger partial charge < -0.3 is 19.7 Å². The number of halogens is 1. The van der Waals surface area contributed by atoms with Crippen LogP contribution in [-0.2, 0) is 13.0 Å². The quantitative estimate of drug-likeness (QED) is 0.560. The SMILES string of the molecule is O=Cc1cc(F)ccc1Oc1cncnc1N1CC2(CC(Oc3ccnc4c3CNCC4)C2)C1. The van der Waals surface area contributed by atoms with E-state index in [9.17, 15) is 9.18 Å². The number of anilines is 1. The Hall–Kier alpha value is -3.59. The van der Waals surface area contributed by atoms with Gasteiger partial charge in [0.05, 0.1) is 11.8 Å². The van der Waals surface area contributed by atoms with Gasteiger partial charge in [0.2, 0.25) is 0 Å². The van der Waals surface area contributed by atoms with Crippen molar-refractivity contribution in [2.75, 3.05) is 24.5 Å². The Kier molecular flexibility index (Phi) is 5.13. The van der Waals surface area contributed by atoms with E-state index in [0.717, 1.165) is 63.0 Å². The monoisotopic (exact) mass is 461 g/mol. The number of hydrogen-bond donors (Lipinski definition) is 1. The topological polar surface area (TPSA) is 89.5 Å². The fourth-order valence-electron chi connectivity index (χ4n) is 5.23. The van der Waals surface area contributed by atoms with Crippen LogP contribution in [0.5, 0.6) is 17.2 Å². The van der Waals surface area contributed by atoms with E-state index in [1.54, 1.807) is 6.20 Å². The molecule has 34 heavy (non-hydrogen) atoms. The number of rotatable bonds is 6. The molecule has 3 aliphatic rings. The third-order valence-corrected chi connectivity index (χ3v) is 6.89. The molecule has 174 valence electrons. The second kappa shape index (κ2) is 8.32. The first-order valence-corrected chi connectivity index (χ1v) is 11.4. The molecule has 0 unspecified atom stereocenters. The zero-order valence-corrected chi connectivity index (χ0v) is 18.5. The van der Waals surface area contributed by atoms with Crippen molar-refractivity contribution >= 4 is 12.1 Å². The van der Waals surface area contributed by atoms with Crippen molar-refractivity contribution in [2.24, 2.45) is 5.41 Å². The van der Waals surface area contributed by atoms with Crippen molar-refractivity contribution in [2.45, 2.75) is 31.9 Å². The fourth-order valence-corrected chi connectivity index (χ4v) is 5.23. The number of carbonyl (C=O) groups is 1. The Morgan fingerprint density at radius 2 is 2.03 bits per heavy atom. The summed E-state index contributed by atoms with van der Waals surface area (Å²) < 4.78 is 25.7. The highest BCUT2D eigenvalue weighted by Crippen LogP contribution is 2.52. The maximum atomic E-state index is 13.5. The summed E-state index contributed by atoms with van der Waals surface area (Å²) in [6, 6.07) is 5.82. The first kappa shape index (κ1) is 21.0. The van der Waals surface area contributed by atoms with Crippen LogP contribution >= 0.6 is 0 Å². The van der Waals surface area contributed by atoms with E-state index in [-0.39, 0.29) is 22.8 Å². The Morgan fingerprint density at radius 3 is 2.88 bits per heavy atom. The minimum absolute atomic E-state index is 0.141. The molecular formula is C25H24FN5O3. The van der Waals surface area contributed by atoms with Crippen LogP contribution in [-0.4, -0.2) is 47.0 Å². The summed E-state index contributed by atoms with van der Waals surface area (Å²) >= 11 is 0. The molecule has 0 radical (unpaired) electrons. The summed E-state index contributed by atoms with van der Waals surface area (Å²) in [5, 5.41) is 3.40.